The third-order valence-electron chi connectivity index (χ3n) is 3.72. The number of alkyl halides is 2. The van der Waals surface area contributed by atoms with Gasteiger partial charge in [-0.3, -0.25) is 0 Å². The molecular weight excluding hydrogens is 244 g/mol. The zero-order valence-corrected chi connectivity index (χ0v) is 11.5. The molecule has 0 heterocycles. The van der Waals surface area contributed by atoms with Crippen molar-refractivity contribution in [1.82, 2.24) is 0 Å². The van der Waals surface area contributed by atoms with Gasteiger partial charge < -0.3 is 5.73 Å². The van der Waals surface area contributed by atoms with E-state index in [0.29, 0.717) is 0 Å². The van der Waals surface area contributed by atoms with E-state index in [9.17, 15) is 8.78 Å². The molecule has 0 bridgehead atoms. The van der Waals surface area contributed by atoms with Gasteiger partial charge in [0.1, 0.15) is 0 Å². The molecule has 0 atom stereocenters. The highest BCUT2D eigenvalue weighted by atomic mass is 19.3. The fourth-order valence-electron chi connectivity index (χ4n) is 2.08. The van der Waals surface area contributed by atoms with Gasteiger partial charge >= 0.3 is 0 Å². The van der Waals surface area contributed by atoms with E-state index < -0.39 is 11.3 Å². The van der Waals surface area contributed by atoms with Crippen molar-refractivity contribution in [3.8, 4) is 0 Å². The van der Waals surface area contributed by atoms with Crippen molar-refractivity contribution in [1.29, 1.82) is 0 Å². The summed E-state index contributed by atoms with van der Waals surface area (Å²) in [6.45, 7) is 4.91. The first-order valence-corrected chi connectivity index (χ1v) is 6.37. The molecule has 102 valence electrons. The van der Waals surface area contributed by atoms with Crippen LogP contribution < -0.4 is 5.73 Å². The van der Waals surface area contributed by atoms with E-state index in [1.54, 1.807) is 12.1 Å². The van der Waals surface area contributed by atoms with Crippen LogP contribution in [0.5, 0.6) is 0 Å². The molecule has 2 aromatic carbocycles. The molecule has 0 radical (unpaired) electrons. The smallest absolute Gasteiger partial charge is 0.279 e. The first-order valence-electron chi connectivity index (χ1n) is 6.37. The molecule has 1 nitrogen and oxygen atoms in total. The molecule has 0 saturated heterocycles. The summed E-state index contributed by atoms with van der Waals surface area (Å²) in [7, 11) is 0. The SMILES string of the molecule is Cc1ccc2cc(C(F)(F)C(C)(C)CN)ccc2c1. The summed E-state index contributed by atoms with van der Waals surface area (Å²) in [4.78, 5) is 0. The lowest BCUT2D eigenvalue weighted by Gasteiger charge is -2.33. The van der Waals surface area contributed by atoms with Crippen LogP contribution in [0.2, 0.25) is 0 Å². The number of rotatable bonds is 3. The van der Waals surface area contributed by atoms with Gasteiger partial charge in [-0.05, 0) is 23.8 Å². The highest BCUT2D eigenvalue weighted by Gasteiger charge is 2.47. The fraction of sp³-hybridized carbons (Fsp3) is 0.375. The topological polar surface area (TPSA) is 26.0 Å². The van der Waals surface area contributed by atoms with Crippen LogP contribution in [0.4, 0.5) is 8.78 Å². The van der Waals surface area contributed by atoms with E-state index in [1.165, 1.54) is 19.9 Å². The van der Waals surface area contributed by atoms with Crippen molar-refractivity contribution >= 4 is 10.8 Å². The van der Waals surface area contributed by atoms with E-state index >= 15 is 0 Å². The molecule has 3 heteroatoms. The van der Waals surface area contributed by atoms with Crippen LogP contribution >= 0.6 is 0 Å². The van der Waals surface area contributed by atoms with Gasteiger partial charge in [-0.15, -0.1) is 0 Å². The number of nitrogens with two attached hydrogens (primary N) is 1. The van der Waals surface area contributed by atoms with Crippen molar-refractivity contribution < 1.29 is 8.78 Å². The zero-order valence-electron chi connectivity index (χ0n) is 11.5. The Hall–Kier alpha value is -1.48. The molecule has 0 unspecified atom stereocenters. The minimum absolute atomic E-state index is 0.0271. The van der Waals surface area contributed by atoms with Gasteiger partial charge in [0.25, 0.3) is 5.92 Å². The molecule has 19 heavy (non-hydrogen) atoms. The first kappa shape index (κ1) is 13.9. The minimum atomic E-state index is -2.94. The third-order valence-corrected chi connectivity index (χ3v) is 3.72. The van der Waals surface area contributed by atoms with Gasteiger partial charge in [-0.2, -0.15) is 0 Å². The number of halogens is 2. The Morgan fingerprint density at radius 2 is 1.58 bits per heavy atom. The van der Waals surface area contributed by atoms with Crippen LogP contribution in [0.3, 0.4) is 0 Å². The molecule has 2 aromatic rings. The normalized spacial score (nSPS) is 12.9. The summed E-state index contributed by atoms with van der Waals surface area (Å²) in [5, 5.41) is 1.81. The third kappa shape index (κ3) is 2.35. The second-order valence-corrected chi connectivity index (χ2v) is 5.73. The number of hydrogen-bond donors (Lipinski definition) is 1. The Labute approximate surface area is 112 Å². The summed E-state index contributed by atoms with van der Waals surface area (Å²) in [6.07, 6.45) is 0. The van der Waals surface area contributed by atoms with Gasteiger partial charge in [0.15, 0.2) is 0 Å². The largest absolute Gasteiger partial charge is 0.330 e. The molecule has 0 aromatic heterocycles. The summed E-state index contributed by atoms with van der Waals surface area (Å²) in [5.74, 6) is -2.94. The Morgan fingerprint density at radius 1 is 1.00 bits per heavy atom. The summed E-state index contributed by atoms with van der Waals surface area (Å²) >= 11 is 0. The monoisotopic (exact) mass is 263 g/mol. The number of benzene rings is 2. The lowest BCUT2D eigenvalue weighted by atomic mass is 9.81. The van der Waals surface area contributed by atoms with Gasteiger partial charge in [-0.25, -0.2) is 8.78 Å². The molecule has 0 aliphatic rings. The molecule has 0 saturated carbocycles. The Balaban J connectivity index is 2.55. The van der Waals surface area contributed by atoms with Crippen LogP contribution in [0.15, 0.2) is 36.4 Å². The Bertz CT molecular complexity index is 603. The predicted molar refractivity (Wildman–Crippen MR) is 75.4 cm³/mol. The summed E-state index contributed by atoms with van der Waals surface area (Å²) in [6, 6.07) is 10.6. The van der Waals surface area contributed by atoms with Crippen LogP contribution in [0.25, 0.3) is 10.8 Å². The van der Waals surface area contributed by atoms with Gasteiger partial charge in [0.05, 0.1) is 0 Å². The zero-order chi connectivity index (χ0) is 14.3. The number of hydrogen-bond acceptors (Lipinski definition) is 1. The number of fused-ring (bicyclic) bond motifs is 1. The van der Waals surface area contributed by atoms with Crippen LogP contribution in [0, 0.1) is 12.3 Å². The molecular formula is C16H19F2N. The van der Waals surface area contributed by atoms with E-state index in [2.05, 4.69) is 0 Å². The minimum Gasteiger partial charge on any atom is -0.330 e. The van der Waals surface area contributed by atoms with Crippen LogP contribution in [-0.4, -0.2) is 6.54 Å². The summed E-state index contributed by atoms with van der Waals surface area (Å²) in [5.41, 5.74) is 5.37. The van der Waals surface area contributed by atoms with Crippen molar-refractivity contribution in [3.05, 3.63) is 47.5 Å². The van der Waals surface area contributed by atoms with Crippen molar-refractivity contribution in [3.63, 3.8) is 0 Å². The standard InChI is InChI=1S/C16H19F2N/c1-11-4-5-13-9-14(7-6-12(13)8-11)16(17,18)15(2,3)10-19/h4-9H,10,19H2,1-3H3. The maximum Gasteiger partial charge on any atom is 0.279 e. The van der Waals surface area contributed by atoms with Crippen LogP contribution in [0.1, 0.15) is 25.0 Å². The second kappa shape index (κ2) is 4.57. The summed E-state index contributed by atoms with van der Waals surface area (Å²) < 4.78 is 28.9. The lowest BCUT2D eigenvalue weighted by molar-refractivity contribution is -0.108. The second-order valence-electron chi connectivity index (χ2n) is 5.73. The maximum atomic E-state index is 14.5. The predicted octanol–water partition coefficient (Wildman–Crippen LogP) is 4.22. The molecule has 0 aliphatic heterocycles. The van der Waals surface area contributed by atoms with Crippen molar-refractivity contribution in [2.75, 3.05) is 6.54 Å². The molecule has 0 spiro atoms. The fourth-order valence-corrected chi connectivity index (χ4v) is 2.08. The van der Waals surface area contributed by atoms with Gasteiger partial charge in [-0.1, -0.05) is 49.7 Å². The van der Waals surface area contributed by atoms with Crippen LogP contribution in [-0.2, 0) is 5.92 Å². The Morgan fingerprint density at radius 3 is 2.21 bits per heavy atom. The van der Waals surface area contributed by atoms with E-state index in [0.717, 1.165) is 16.3 Å². The van der Waals surface area contributed by atoms with E-state index in [-0.39, 0.29) is 12.1 Å². The van der Waals surface area contributed by atoms with Gasteiger partial charge in [0.2, 0.25) is 0 Å². The van der Waals surface area contributed by atoms with Crippen molar-refractivity contribution in [2.24, 2.45) is 11.1 Å². The van der Waals surface area contributed by atoms with Crippen molar-refractivity contribution in [2.45, 2.75) is 26.7 Å². The van der Waals surface area contributed by atoms with E-state index in [1.807, 2.05) is 25.1 Å². The highest BCUT2D eigenvalue weighted by Crippen LogP contribution is 2.44. The molecule has 0 fully saturated rings. The average molecular weight is 263 g/mol. The Kier molecular flexibility index (Phi) is 3.35. The number of aryl methyl sites for hydroxylation is 1. The van der Waals surface area contributed by atoms with E-state index in [4.69, 9.17) is 5.73 Å². The highest BCUT2D eigenvalue weighted by molar-refractivity contribution is 5.84. The quantitative estimate of drug-likeness (QED) is 0.881. The maximum absolute atomic E-state index is 14.5. The molecule has 0 aliphatic carbocycles. The molecule has 2 rings (SSSR count). The lowest BCUT2D eigenvalue weighted by Crippen LogP contribution is -2.40. The average Bonchev–Trinajstić information content (AvgIpc) is 2.37. The molecule has 2 N–H and O–H groups in total. The van der Waals surface area contributed by atoms with Gasteiger partial charge in [0, 0.05) is 17.5 Å². The molecule has 0 amide bonds. The first-order chi connectivity index (χ1) is 8.78.